The highest BCUT2D eigenvalue weighted by atomic mass is 19.1. The molecule has 0 bridgehead atoms. The fraction of sp³-hybridized carbons (Fsp3) is 0.143. The number of aryl methyl sites for hydroxylation is 1. The standard InChI is InChI=1S/C21H20FN3O/c1-15-2-4-16(5-3-15)12-23-19-10-11-20(24-14-19)21(26)25-13-17-6-8-18(22)9-7-17/h2-11,14,23H,12-13H2,1H3,(H,25,26). The van der Waals surface area contributed by atoms with E-state index in [4.69, 9.17) is 0 Å². The Kier molecular flexibility index (Phi) is 5.59. The zero-order chi connectivity index (χ0) is 18.4. The van der Waals surface area contributed by atoms with Crippen molar-refractivity contribution in [2.75, 3.05) is 5.32 Å². The third kappa shape index (κ3) is 4.89. The second-order valence-electron chi connectivity index (χ2n) is 6.08. The molecule has 1 amide bonds. The van der Waals surface area contributed by atoms with Crippen molar-refractivity contribution in [3.8, 4) is 0 Å². The number of carbonyl (C=O) groups excluding carboxylic acids is 1. The van der Waals surface area contributed by atoms with Crippen LogP contribution in [0.3, 0.4) is 0 Å². The third-order valence-corrected chi connectivity index (χ3v) is 3.98. The van der Waals surface area contributed by atoms with E-state index in [0.717, 1.165) is 11.3 Å². The van der Waals surface area contributed by atoms with Gasteiger partial charge >= 0.3 is 0 Å². The molecule has 2 aromatic carbocycles. The third-order valence-electron chi connectivity index (χ3n) is 3.98. The smallest absolute Gasteiger partial charge is 0.270 e. The van der Waals surface area contributed by atoms with Crippen molar-refractivity contribution >= 4 is 11.6 Å². The van der Waals surface area contributed by atoms with Gasteiger partial charge in [0.1, 0.15) is 11.5 Å². The molecule has 0 aliphatic heterocycles. The van der Waals surface area contributed by atoms with Crippen LogP contribution in [-0.2, 0) is 13.1 Å². The number of benzene rings is 2. The van der Waals surface area contributed by atoms with E-state index < -0.39 is 0 Å². The summed E-state index contributed by atoms with van der Waals surface area (Å²) in [6, 6.07) is 17.8. The molecule has 132 valence electrons. The van der Waals surface area contributed by atoms with E-state index in [1.807, 2.05) is 6.07 Å². The fourth-order valence-corrected chi connectivity index (χ4v) is 2.42. The minimum atomic E-state index is -0.296. The van der Waals surface area contributed by atoms with Crippen LogP contribution in [0.15, 0.2) is 66.9 Å². The van der Waals surface area contributed by atoms with Crippen LogP contribution < -0.4 is 10.6 Å². The molecular formula is C21H20FN3O. The van der Waals surface area contributed by atoms with Gasteiger partial charge in [-0.2, -0.15) is 0 Å². The van der Waals surface area contributed by atoms with Gasteiger partial charge in [-0.15, -0.1) is 0 Å². The van der Waals surface area contributed by atoms with E-state index in [2.05, 4.69) is 46.8 Å². The summed E-state index contributed by atoms with van der Waals surface area (Å²) in [7, 11) is 0. The summed E-state index contributed by atoms with van der Waals surface area (Å²) < 4.78 is 12.9. The molecule has 1 aromatic heterocycles. The average molecular weight is 349 g/mol. The number of nitrogens with zero attached hydrogens (tertiary/aromatic N) is 1. The zero-order valence-corrected chi connectivity index (χ0v) is 14.5. The molecule has 0 unspecified atom stereocenters. The Labute approximate surface area is 152 Å². The van der Waals surface area contributed by atoms with E-state index in [1.165, 1.54) is 23.3 Å². The number of pyridine rings is 1. The Bertz CT molecular complexity index is 859. The van der Waals surface area contributed by atoms with Gasteiger partial charge in [-0.3, -0.25) is 4.79 Å². The molecule has 0 saturated carbocycles. The molecule has 0 atom stereocenters. The van der Waals surface area contributed by atoms with Crippen LogP contribution in [0.2, 0.25) is 0 Å². The van der Waals surface area contributed by atoms with Gasteiger partial charge in [0, 0.05) is 13.1 Å². The molecule has 0 aliphatic carbocycles. The first kappa shape index (κ1) is 17.6. The summed E-state index contributed by atoms with van der Waals surface area (Å²) in [5.41, 5.74) is 4.42. The van der Waals surface area contributed by atoms with Crippen LogP contribution in [-0.4, -0.2) is 10.9 Å². The number of anilines is 1. The second-order valence-corrected chi connectivity index (χ2v) is 6.08. The largest absolute Gasteiger partial charge is 0.380 e. The van der Waals surface area contributed by atoms with Gasteiger partial charge in [0.25, 0.3) is 5.91 Å². The monoisotopic (exact) mass is 349 g/mol. The Morgan fingerprint density at radius 1 is 0.923 bits per heavy atom. The maximum atomic E-state index is 12.9. The van der Waals surface area contributed by atoms with E-state index in [0.29, 0.717) is 18.8 Å². The number of halogens is 1. The van der Waals surface area contributed by atoms with Crippen molar-refractivity contribution in [1.29, 1.82) is 0 Å². The molecule has 26 heavy (non-hydrogen) atoms. The van der Waals surface area contributed by atoms with Gasteiger partial charge in [-0.05, 0) is 42.3 Å². The normalized spacial score (nSPS) is 10.4. The maximum absolute atomic E-state index is 12.9. The first-order valence-electron chi connectivity index (χ1n) is 8.38. The van der Waals surface area contributed by atoms with Crippen molar-refractivity contribution in [2.24, 2.45) is 0 Å². The molecule has 2 N–H and O–H groups in total. The second kappa shape index (κ2) is 8.25. The Morgan fingerprint density at radius 2 is 1.58 bits per heavy atom. The SMILES string of the molecule is Cc1ccc(CNc2ccc(C(=O)NCc3ccc(F)cc3)nc2)cc1. The lowest BCUT2D eigenvalue weighted by Gasteiger charge is -2.08. The van der Waals surface area contributed by atoms with E-state index in [-0.39, 0.29) is 11.7 Å². The van der Waals surface area contributed by atoms with Crippen LogP contribution in [0.5, 0.6) is 0 Å². The molecule has 5 heteroatoms. The van der Waals surface area contributed by atoms with Crippen molar-refractivity contribution in [2.45, 2.75) is 20.0 Å². The number of carbonyl (C=O) groups is 1. The van der Waals surface area contributed by atoms with Crippen LogP contribution in [0, 0.1) is 12.7 Å². The van der Waals surface area contributed by atoms with Crippen LogP contribution in [0.25, 0.3) is 0 Å². The van der Waals surface area contributed by atoms with Gasteiger partial charge in [0.05, 0.1) is 11.9 Å². The summed E-state index contributed by atoms with van der Waals surface area (Å²) in [6.07, 6.45) is 1.64. The predicted octanol–water partition coefficient (Wildman–Crippen LogP) is 4.07. The average Bonchev–Trinajstić information content (AvgIpc) is 2.67. The minimum Gasteiger partial charge on any atom is -0.380 e. The highest BCUT2D eigenvalue weighted by Crippen LogP contribution is 2.10. The van der Waals surface area contributed by atoms with Crippen LogP contribution in [0.4, 0.5) is 10.1 Å². The highest BCUT2D eigenvalue weighted by Gasteiger charge is 2.07. The highest BCUT2D eigenvalue weighted by molar-refractivity contribution is 5.92. The predicted molar refractivity (Wildman–Crippen MR) is 100 cm³/mol. The van der Waals surface area contributed by atoms with E-state index >= 15 is 0 Å². The molecule has 1 heterocycles. The number of hydrogen-bond acceptors (Lipinski definition) is 3. The lowest BCUT2D eigenvalue weighted by molar-refractivity contribution is 0.0946. The number of aromatic nitrogens is 1. The van der Waals surface area contributed by atoms with Gasteiger partial charge in [0.2, 0.25) is 0 Å². The fourth-order valence-electron chi connectivity index (χ4n) is 2.42. The van der Waals surface area contributed by atoms with Gasteiger partial charge < -0.3 is 10.6 Å². The summed E-state index contributed by atoms with van der Waals surface area (Å²) in [5, 5.41) is 6.05. The first-order valence-corrected chi connectivity index (χ1v) is 8.38. The van der Waals surface area contributed by atoms with Gasteiger partial charge in [0.15, 0.2) is 0 Å². The Morgan fingerprint density at radius 3 is 2.23 bits per heavy atom. The molecule has 3 aromatic rings. The number of amides is 1. The van der Waals surface area contributed by atoms with Crippen molar-refractivity contribution in [3.05, 3.63) is 95.1 Å². The van der Waals surface area contributed by atoms with Crippen LogP contribution >= 0.6 is 0 Å². The maximum Gasteiger partial charge on any atom is 0.270 e. The van der Waals surface area contributed by atoms with Crippen LogP contribution in [0.1, 0.15) is 27.2 Å². The van der Waals surface area contributed by atoms with Crippen molar-refractivity contribution in [1.82, 2.24) is 10.3 Å². The van der Waals surface area contributed by atoms with Gasteiger partial charge in [-0.1, -0.05) is 42.0 Å². The Balaban J connectivity index is 1.52. The lowest BCUT2D eigenvalue weighted by Crippen LogP contribution is -2.23. The number of hydrogen-bond donors (Lipinski definition) is 2. The lowest BCUT2D eigenvalue weighted by atomic mass is 10.1. The molecule has 0 aliphatic rings. The summed E-state index contributed by atoms with van der Waals surface area (Å²) in [4.78, 5) is 16.3. The molecule has 0 spiro atoms. The van der Waals surface area contributed by atoms with E-state index in [1.54, 1.807) is 24.4 Å². The quantitative estimate of drug-likeness (QED) is 0.705. The van der Waals surface area contributed by atoms with Crippen molar-refractivity contribution in [3.63, 3.8) is 0 Å². The molecule has 0 saturated heterocycles. The summed E-state index contributed by atoms with van der Waals surface area (Å²) in [6.45, 7) is 3.08. The summed E-state index contributed by atoms with van der Waals surface area (Å²) in [5.74, 6) is -0.560. The molecule has 0 radical (unpaired) electrons. The number of rotatable bonds is 6. The van der Waals surface area contributed by atoms with E-state index in [9.17, 15) is 9.18 Å². The molecular weight excluding hydrogens is 329 g/mol. The van der Waals surface area contributed by atoms with Crippen molar-refractivity contribution < 1.29 is 9.18 Å². The summed E-state index contributed by atoms with van der Waals surface area (Å²) >= 11 is 0. The number of nitrogens with one attached hydrogen (secondary N) is 2. The molecule has 0 fully saturated rings. The molecule has 3 rings (SSSR count). The Hall–Kier alpha value is -3.21. The first-order chi connectivity index (χ1) is 12.6. The van der Waals surface area contributed by atoms with Gasteiger partial charge in [-0.25, -0.2) is 9.37 Å². The topological polar surface area (TPSA) is 54.0 Å². The zero-order valence-electron chi connectivity index (χ0n) is 14.5. The molecule has 4 nitrogen and oxygen atoms in total. The minimum absolute atomic E-state index is 0.264.